The van der Waals surface area contributed by atoms with Crippen molar-refractivity contribution in [3.8, 4) is 0 Å². The fraction of sp³-hybridized carbons (Fsp3) is 0.786. The summed E-state index contributed by atoms with van der Waals surface area (Å²) in [5.74, 6) is 1.85. The van der Waals surface area contributed by atoms with Gasteiger partial charge in [-0.15, -0.1) is 0 Å². The van der Waals surface area contributed by atoms with Crippen LogP contribution in [0.5, 0.6) is 0 Å². The normalized spacial score (nSPS) is 16.0. The van der Waals surface area contributed by atoms with Gasteiger partial charge in [-0.05, 0) is 25.7 Å². The SMILES string of the molecule is CCCNc1nc(NC(CC)CO)nc(N2CCCC2)n1. The van der Waals surface area contributed by atoms with E-state index in [0.29, 0.717) is 11.9 Å². The van der Waals surface area contributed by atoms with E-state index in [1.54, 1.807) is 0 Å². The van der Waals surface area contributed by atoms with Gasteiger partial charge in [0.2, 0.25) is 17.8 Å². The Bertz CT molecular complexity index is 431. The molecule has 0 saturated carbocycles. The first kappa shape index (κ1) is 15.8. The quantitative estimate of drug-likeness (QED) is 0.669. The molecule has 0 radical (unpaired) electrons. The smallest absolute Gasteiger partial charge is 0.231 e. The standard InChI is InChI=1S/C14H26N6O/c1-3-7-15-12-17-13(16-11(4-2)10-21)19-14(18-12)20-8-5-6-9-20/h11,21H,3-10H2,1-2H3,(H2,15,16,17,18,19). The summed E-state index contributed by atoms with van der Waals surface area (Å²) in [6.07, 6.45) is 4.20. The lowest BCUT2D eigenvalue weighted by Gasteiger charge is -2.19. The van der Waals surface area contributed by atoms with E-state index in [4.69, 9.17) is 0 Å². The number of nitrogens with zero attached hydrogens (tertiary/aromatic N) is 4. The van der Waals surface area contributed by atoms with Crippen LogP contribution in [-0.4, -0.2) is 52.3 Å². The van der Waals surface area contributed by atoms with Crippen molar-refractivity contribution in [2.24, 2.45) is 0 Å². The maximum Gasteiger partial charge on any atom is 0.231 e. The number of rotatable bonds is 8. The summed E-state index contributed by atoms with van der Waals surface area (Å²) >= 11 is 0. The van der Waals surface area contributed by atoms with Crippen molar-refractivity contribution in [2.75, 3.05) is 41.8 Å². The molecule has 0 spiro atoms. The molecule has 1 aromatic rings. The molecule has 1 unspecified atom stereocenters. The van der Waals surface area contributed by atoms with Gasteiger partial charge < -0.3 is 20.6 Å². The third kappa shape index (κ3) is 4.42. The highest BCUT2D eigenvalue weighted by Gasteiger charge is 2.18. The minimum absolute atomic E-state index is 0.0298. The number of aliphatic hydroxyl groups is 1. The number of aromatic nitrogens is 3. The van der Waals surface area contributed by atoms with Crippen molar-refractivity contribution in [3.05, 3.63) is 0 Å². The molecule has 1 atom stereocenters. The predicted octanol–water partition coefficient (Wildman–Crippen LogP) is 1.48. The Balaban J connectivity index is 2.18. The van der Waals surface area contributed by atoms with Crippen LogP contribution in [0.1, 0.15) is 39.5 Å². The lowest BCUT2D eigenvalue weighted by Crippen LogP contribution is -2.26. The van der Waals surface area contributed by atoms with Crippen LogP contribution < -0.4 is 15.5 Å². The van der Waals surface area contributed by atoms with E-state index >= 15 is 0 Å². The molecule has 7 nitrogen and oxygen atoms in total. The second-order valence-electron chi connectivity index (χ2n) is 5.34. The zero-order chi connectivity index (χ0) is 15.1. The second-order valence-corrected chi connectivity index (χ2v) is 5.34. The summed E-state index contributed by atoms with van der Waals surface area (Å²) in [5.41, 5.74) is 0. The molecule has 7 heteroatoms. The van der Waals surface area contributed by atoms with Crippen LogP contribution in [0.25, 0.3) is 0 Å². The van der Waals surface area contributed by atoms with Crippen LogP contribution >= 0.6 is 0 Å². The molecule has 1 saturated heterocycles. The van der Waals surface area contributed by atoms with E-state index in [0.717, 1.165) is 38.4 Å². The Kier molecular flexibility index (Phi) is 5.98. The molecule has 0 aromatic carbocycles. The Morgan fingerprint density at radius 1 is 1.14 bits per heavy atom. The van der Waals surface area contributed by atoms with Crippen LogP contribution in [0.4, 0.5) is 17.8 Å². The number of hydrogen-bond acceptors (Lipinski definition) is 7. The molecule has 3 N–H and O–H groups in total. The van der Waals surface area contributed by atoms with Gasteiger partial charge >= 0.3 is 0 Å². The summed E-state index contributed by atoms with van der Waals surface area (Å²) < 4.78 is 0. The number of hydrogen-bond donors (Lipinski definition) is 3. The predicted molar refractivity (Wildman–Crippen MR) is 84.8 cm³/mol. The molecule has 2 rings (SSSR count). The monoisotopic (exact) mass is 294 g/mol. The minimum Gasteiger partial charge on any atom is -0.394 e. The molecule has 0 bridgehead atoms. The van der Waals surface area contributed by atoms with E-state index < -0.39 is 0 Å². The van der Waals surface area contributed by atoms with E-state index in [-0.39, 0.29) is 12.6 Å². The van der Waals surface area contributed by atoms with Crippen LogP contribution in [0, 0.1) is 0 Å². The number of aliphatic hydroxyl groups excluding tert-OH is 1. The number of anilines is 3. The Hall–Kier alpha value is -1.63. The van der Waals surface area contributed by atoms with Gasteiger partial charge in [0.1, 0.15) is 0 Å². The molecule has 1 fully saturated rings. The van der Waals surface area contributed by atoms with E-state index in [1.165, 1.54) is 12.8 Å². The highest BCUT2D eigenvalue weighted by atomic mass is 16.3. The fourth-order valence-corrected chi connectivity index (χ4v) is 2.26. The first-order valence-electron chi connectivity index (χ1n) is 7.89. The fourth-order valence-electron chi connectivity index (χ4n) is 2.26. The molecule has 1 aliphatic heterocycles. The highest BCUT2D eigenvalue weighted by molar-refractivity contribution is 5.44. The third-order valence-electron chi connectivity index (χ3n) is 3.59. The largest absolute Gasteiger partial charge is 0.394 e. The maximum absolute atomic E-state index is 9.32. The van der Waals surface area contributed by atoms with E-state index in [9.17, 15) is 5.11 Å². The van der Waals surface area contributed by atoms with E-state index in [1.807, 2.05) is 6.92 Å². The minimum atomic E-state index is -0.0298. The van der Waals surface area contributed by atoms with Crippen LogP contribution in [0.2, 0.25) is 0 Å². The zero-order valence-electron chi connectivity index (χ0n) is 13.0. The Labute approximate surface area is 126 Å². The van der Waals surface area contributed by atoms with Crippen molar-refractivity contribution in [1.29, 1.82) is 0 Å². The topological polar surface area (TPSA) is 86.2 Å². The molecule has 1 aliphatic rings. The summed E-state index contributed by atoms with van der Waals surface area (Å²) in [4.78, 5) is 15.6. The lowest BCUT2D eigenvalue weighted by molar-refractivity contribution is 0.271. The first-order chi connectivity index (χ1) is 10.3. The molecular weight excluding hydrogens is 268 g/mol. The van der Waals surface area contributed by atoms with Gasteiger partial charge in [-0.2, -0.15) is 15.0 Å². The molecule has 0 amide bonds. The Morgan fingerprint density at radius 3 is 2.48 bits per heavy atom. The maximum atomic E-state index is 9.32. The van der Waals surface area contributed by atoms with Crippen molar-refractivity contribution in [1.82, 2.24) is 15.0 Å². The molecule has 1 aromatic heterocycles. The van der Waals surface area contributed by atoms with Gasteiger partial charge in [0, 0.05) is 19.6 Å². The van der Waals surface area contributed by atoms with Crippen molar-refractivity contribution in [3.63, 3.8) is 0 Å². The van der Waals surface area contributed by atoms with E-state index in [2.05, 4.69) is 37.4 Å². The van der Waals surface area contributed by atoms with Crippen molar-refractivity contribution >= 4 is 17.8 Å². The number of nitrogens with one attached hydrogen (secondary N) is 2. The zero-order valence-corrected chi connectivity index (χ0v) is 13.0. The molecule has 21 heavy (non-hydrogen) atoms. The average Bonchev–Trinajstić information content (AvgIpc) is 3.05. The molecule has 118 valence electrons. The first-order valence-corrected chi connectivity index (χ1v) is 7.89. The summed E-state index contributed by atoms with van der Waals surface area (Å²) in [7, 11) is 0. The van der Waals surface area contributed by atoms with Gasteiger partial charge in [-0.3, -0.25) is 0 Å². The summed E-state index contributed by atoms with van der Waals surface area (Å²) in [6.45, 7) is 7.01. The molecule has 0 aliphatic carbocycles. The highest BCUT2D eigenvalue weighted by Crippen LogP contribution is 2.19. The summed E-state index contributed by atoms with van der Waals surface area (Å²) in [5, 5.41) is 15.7. The molecule has 2 heterocycles. The van der Waals surface area contributed by atoms with Crippen molar-refractivity contribution in [2.45, 2.75) is 45.6 Å². The summed E-state index contributed by atoms with van der Waals surface area (Å²) in [6, 6.07) is -0.0298. The Morgan fingerprint density at radius 2 is 1.86 bits per heavy atom. The van der Waals surface area contributed by atoms with Crippen LogP contribution in [0.3, 0.4) is 0 Å². The van der Waals surface area contributed by atoms with Gasteiger partial charge in [0.25, 0.3) is 0 Å². The van der Waals surface area contributed by atoms with Gasteiger partial charge in [-0.25, -0.2) is 0 Å². The lowest BCUT2D eigenvalue weighted by atomic mass is 10.2. The third-order valence-corrected chi connectivity index (χ3v) is 3.59. The van der Waals surface area contributed by atoms with Gasteiger partial charge in [0.05, 0.1) is 12.6 Å². The second kappa shape index (κ2) is 7.97. The van der Waals surface area contributed by atoms with Gasteiger partial charge in [-0.1, -0.05) is 13.8 Å². The van der Waals surface area contributed by atoms with Gasteiger partial charge in [0.15, 0.2) is 0 Å². The average molecular weight is 294 g/mol. The van der Waals surface area contributed by atoms with Crippen molar-refractivity contribution < 1.29 is 5.11 Å². The molecular formula is C14H26N6O. The van der Waals surface area contributed by atoms with Crippen LogP contribution in [-0.2, 0) is 0 Å². The van der Waals surface area contributed by atoms with Crippen LogP contribution in [0.15, 0.2) is 0 Å².